The van der Waals surface area contributed by atoms with Gasteiger partial charge < -0.3 is 15.0 Å². The Labute approximate surface area is 169 Å². The average Bonchev–Trinajstić information content (AvgIpc) is 3.14. The topological polar surface area (TPSA) is 85.2 Å². The van der Waals surface area contributed by atoms with E-state index in [1.54, 1.807) is 10.9 Å². The van der Waals surface area contributed by atoms with Crippen LogP contribution in [-0.4, -0.2) is 45.4 Å². The molecule has 0 unspecified atom stereocenters. The summed E-state index contributed by atoms with van der Waals surface area (Å²) >= 11 is 0. The summed E-state index contributed by atoms with van der Waals surface area (Å²) in [4.78, 5) is 23.8. The minimum Gasteiger partial charge on any atom is -0.466 e. The largest absolute Gasteiger partial charge is 0.466 e. The molecule has 1 aliphatic rings. The van der Waals surface area contributed by atoms with Gasteiger partial charge in [0.2, 0.25) is 5.95 Å². The zero-order valence-electron chi connectivity index (χ0n) is 16.8. The summed E-state index contributed by atoms with van der Waals surface area (Å²) in [5.41, 5.74) is 1.94. The highest BCUT2D eigenvalue weighted by atomic mass is 16.5. The van der Waals surface area contributed by atoms with Gasteiger partial charge in [0.15, 0.2) is 5.65 Å². The van der Waals surface area contributed by atoms with Crippen LogP contribution in [0.3, 0.4) is 0 Å². The first-order chi connectivity index (χ1) is 14.2. The highest BCUT2D eigenvalue weighted by Crippen LogP contribution is 2.27. The first-order valence-corrected chi connectivity index (χ1v) is 10.0. The van der Waals surface area contributed by atoms with E-state index >= 15 is 0 Å². The molecular formula is C21H26N6O2. The van der Waals surface area contributed by atoms with E-state index < -0.39 is 0 Å². The third kappa shape index (κ3) is 4.16. The number of hydrogen-bond acceptors (Lipinski definition) is 7. The Morgan fingerprint density at radius 2 is 2.10 bits per heavy atom. The third-order valence-corrected chi connectivity index (χ3v) is 5.21. The Hall–Kier alpha value is -3.16. The Morgan fingerprint density at radius 1 is 1.28 bits per heavy atom. The molecule has 1 aliphatic heterocycles. The van der Waals surface area contributed by atoms with Gasteiger partial charge in [-0.3, -0.25) is 9.48 Å². The summed E-state index contributed by atoms with van der Waals surface area (Å²) in [6.07, 6.45) is 3.52. The fourth-order valence-corrected chi connectivity index (χ4v) is 3.68. The second kappa shape index (κ2) is 8.46. The number of carbonyl (C=O) groups is 1. The first-order valence-electron chi connectivity index (χ1n) is 10.0. The zero-order chi connectivity index (χ0) is 20.2. The smallest absolute Gasteiger partial charge is 0.310 e. The van der Waals surface area contributed by atoms with Crippen LogP contribution in [0.15, 0.2) is 36.5 Å². The number of fused-ring (bicyclic) bond motifs is 1. The summed E-state index contributed by atoms with van der Waals surface area (Å²) in [6.45, 7) is 4.29. The summed E-state index contributed by atoms with van der Waals surface area (Å²) < 4.78 is 6.97. The number of esters is 1. The van der Waals surface area contributed by atoms with E-state index in [1.165, 1.54) is 5.56 Å². The number of nitrogens with one attached hydrogen (secondary N) is 1. The molecule has 1 atom stereocenters. The molecule has 1 N–H and O–H groups in total. The van der Waals surface area contributed by atoms with Gasteiger partial charge in [-0.2, -0.15) is 15.1 Å². The number of ether oxygens (including phenoxy) is 1. The number of rotatable bonds is 6. The first kappa shape index (κ1) is 19.2. The maximum atomic E-state index is 12.2. The van der Waals surface area contributed by atoms with E-state index in [4.69, 9.17) is 14.7 Å². The van der Waals surface area contributed by atoms with Crippen molar-refractivity contribution in [3.8, 4) is 0 Å². The Kier molecular flexibility index (Phi) is 5.59. The van der Waals surface area contributed by atoms with Gasteiger partial charge in [-0.15, -0.1) is 0 Å². The maximum Gasteiger partial charge on any atom is 0.310 e. The minimum atomic E-state index is -0.143. The van der Waals surface area contributed by atoms with Gasteiger partial charge >= 0.3 is 5.97 Å². The predicted molar refractivity (Wildman–Crippen MR) is 112 cm³/mol. The second-order valence-corrected chi connectivity index (χ2v) is 7.25. The number of hydrogen-bond donors (Lipinski definition) is 1. The molecule has 29 heavy (non-hydrogen) atoms. The Bertz CT molecular complexity index is 988. The molecule has 152 valence electrons. The van der Waals surface area contributed by atoms with Crippen LogP contribution in [0.1, 0.15) is 25.3 Å². The summed E-state index contributed by atoms with van der Waals surface area (Å²) in [7, 11) is 1.87. The van der Waals surface area contributed by atoms with Crippen LogP contribution in [0.5, 0.6) is 0 Å². The molecule has 0 amide bonds. The summed E-state index contributed by atoms with van der Waals surface area (Å²) in [5, 5.41) is 8.66. The number of aryl methyl sites for hydroxylation is 1. The normalized spacial score (nSPS) is 16.8. The van der Waals surface area contributed by atoms with Crippen molar-refractivity contribution in [2.75, 3.05) is 29.9 Å². The third-order valence-electron chi connectivity index (χ3n) is 5.21. The number of aromatic nitrogens is 4. The lowest BCUT2D eigenvalue weighted by molar-refractivity contribution is -0.148. The van der Waals surface area contributed by atoms with Crippen molar-refractivity contribution in [3.63, 3.8) is 0 Å². The molecule has 0 bridgehead atoms. The summed E-state index contributed by atoms with van der Waals surface area (Å²) in [6, 6.07) is 10.2. The van der Waals surface area contributed by atoms with E-state index in [0.29, 0.717) is 25.6 Å². The number of benzene rings is 1. The highest BCUT2D eigenvalue weighted by molar-refractivity contribution is 5.87. The molecule has 1 saturated heterocycles. The lowest BCUT2D eigenvalue weighted by Gasteiger charge is -2.31. The maximum absolute atomic E-state index is 12.2. The van der Waals surface area contributed by atoms with Crippen LogP contribution in [0.25, 0.3) is 11.0 Å². The molecule has 1 fully saturated rings. The van der Waals surface area contributed by atoms with Crippen LogP contribution < -0.4 is 10.2 Å². The monoisotopic (exact) mass is 394 g/mol. The Balaban J connectivity index is 1.61. The highest BCUT2D eigenvalue weighted by Gasteiger charge is 2.29. The molecule has 0 aliphatic carbocycles. The molecule has 4 rings (SSSR count). The van der Waals surface area contributed by atoms with E-state index in [0.717, 1.165) is 36.2 Å². The molecule has 8 heteroatoms. The molecule has 2 aromatic heterocycles. The molecule has 0 saturated carbocycles. The molecule has 8 nitrogen and oxygen atoms in total. The van der Waals surface area contributed by atoms with Gasteiger partial charge in [0.05, 0.1) is 24.1 Å². The molecule has 1 aromatic carbocycles. The van der Waals surface area contributed by atoms with Crippen LogP contribution in [0, 0.1) is 5.92 Å². The van der Waals surface area contributed by atoms with Crippen molar-refractivity contribution in [2.24, 2.45) is 13.0 Å². The van der Waals surface area contributed by atoms with Crippen molar-refractivity contribution < 1.29 is 9.53 Å². The van der Waals surface area contributed by atoms with Crippen LogP contribution >= 0.6 is 0 Å². The van der Waals surface area contributed by atoms with Gasteiger partial charge in [0, 0.05) is 26.7 Å². The SMILES string of the molecule is CCOC(=O)[C@@H]1CCCN(c2nc(NCc3ccccc3)c3cnn(C)c3n2)C1. The van der Waals surface area contributed by atoms with Gasteiger partial charge in [-0.05, 0) is 25.3 Å². The van der Waals surface area contributed by atoms with Crippen molar-refractivity contribution in [1.82, 2.24) is 19.7 Å². The summed E-state index contributed by atoms with van der Waals surface area (Å²) in [5.74, 6) is 1.09. The van der Waals surface area contributed by atoms with Crippen LogP contribution in [-0.2, 0) is 23.1 Å². The molecule has 0 radical (unpaired) electrons. The van der Waals surface area contributed by atoms with Gasteiger partial charge in [-0.25, -0.2) is 0 Å². The number of piperidine rings is 1. The van der Waals surface area contributed by atoms with Crippen molar-refractivity contribution in [2.45, 2.75) is 26.3 Å². The van der Waals surface area contributed by atoms with E-state index in [9.17, 15) is 4.79 Å². The lowest BCUT2D eigenvalue weighted by atomic mass is 9.98. The fraction of sp³-hybridized carbons (Fsp3) is 0.429. The van der Waals surface area contributed by atoms with Crippen molar-refractivity contribution >= 4 is 28.8 Å². The van der Waals surface area contributed by atoms with Gasteiger partial charge in [-0.1, -0.05) is 30.3 Å². The quantitative estimate of drug-likeness (QED) is 0.644. The van der Waals surface area contributed by atoms with Gasteiger partial charge in [0.25, 0.3) is 0 Å². The zero-order valence-corrected chi connectivity index (χ0v) is 16.8. The van der Waals surface area contributed by atoms with Crippen LogP contribution in [0.4, 0.5) is 11.8 Å². The van der Waals surface area contributed by atoms with E-state index in [2.05, 4.69) is 27.4 Å². The molecular weight excluding hydrogens is 368 g/mol. The number of carbonyl (C=O) groups excluding carboxylic acids is 1. The molecule has 3 heterocycles. The number of anilines is 2. The van der Waals surface area contributed by atoms with E-state index in [-0.39, 0.29) is 11.9 Å². The van der Waals surface area contributed by atoms with E-state index in [1.807, 2.05) is 32.2 Å². The van der Waals surface area contributed by atoms with Crippen LogP contribution in [0.2, 0.25) is 0 Å². The van der Waals surface area contributed by atoms with Crippen molar-refractivity contribution in [1.29, 1.82) is 0 Å². The second-order valence-electron chi connectivity index (χ2n) is 7.25. The molecule has 0 spiro atoms. The van der Waals surface area contributed by atoms with Crippen molar-refractivity contribution in [3.05, 3.63) is 42.1 Å². The predicted octanol–water partition coefficient (Wildman–Crippen LogP) is 2.75. The fourth-order valence-electron chi connectivity index (χ4n) is 3.68. The number of nitrogens with zero attached hydrogens (tertiary/aromatic N) is 5. The lowest BCUT2D eigenvalue weighted by Crippen LogP contribution is -2.40. The minimum absolute atomic E-state index is 0.138. The van der Waals surface area contributed by atoms with Gasteiger partial charge in [0.1, 0.15) is 5.82 Å². The standard InChI is InChI=1S/C21H26N6O2/c1-3-29-20(28)16-10-7-11-27(14-16)21-24-18(17-13-23-26(2)19(17)25-21)22-12-15-8-5-4-6-9-15/h4-6,8-9,13,16H,3,7,10-12,14H2,1-2H3,(H,22,24,25)/t16-/m1/s1. The molecule has 3 aromatic rings. The average molecular weight is 394 g/mol. The Morgan fingerprint density at radius 3 is 2.90 bits per heavy atom.